The minimum absolute atomic E-state index is 0.131. The summed E-state index contributed by atoms with van der Waals surface area (Å²) < 4.78 is 29.3. The van der Waals surface area contributed by atoms with Crippen LogP contribution in [-0.2, 0) is 4.74 Å². The highest BCUT2D eigenvalue weighted by molar-refractivity contribution is 5.67. The maximum Gasteiger partial charge on any atom is 0.409 e. The van der Waals surface area contributed by atoms with Crippen molar-refractivity contribution in [2.45, 2.75) is 38.8 Å². The minimum Gasteiger partial charge on any atom is -0.450 e. The van der Waals surface area contributed by atoms with Gasteiger partial charge in [0.25, 0.3) is 6.43 Å². The summed E-state index contributed by atoms with van der Waals surface area (Å²) in [5, 5.41) is 12.4. The number of carbonyl (C=O) groups excluding carboxylic acids is 1. The fourth-order valence-corrected chi connectivity index (χ4v) is 2.26. The number of hydrogen-bond donors (Lipinski definition) is 2. The fraction of sp³-hybridized carbons (Fsp3) is 0.917. The lowest BCUT2D eigenvalue weighted by Gasteiger charge is -2.38. The van der Waals surface area contributed by atoms with Crippen LogP contribution in [0.1, 0.15) is 20.3 Å². The number of amides is 1. The smallest absolute Gasteiger partial charge is 0.409 e. The Morgan fingerprint density at radius 2 is 2.21 bits per heavy atom. The molecule has 3 atom stereocenters. The first-order valence-corrected chi connectivity index (χ1v) is 6.55. The number of aliphatic hydroxyl groups excluding tert-OH is 1. The number of nitrogens with zero attached hydrogens (tertiary/aromatic N) is 1. The monoisotopic (exact) mass is 280 g/mol. The van der Waals surface area contributed by atoms with E-state index >= 15 is 0 Å². The second kappa shape index (κ2) is 7.59. The van der Waals surface area contributed by atoms with Crippen LogP contribution in [0.15, 0.2) is 0 Å². The molecule has 0 aromatic carbocycles. The Bertz CT molecular complexity index is 290. The number of ether oxygens (including phenoxy) is 1. The molecule has 1 aliphatic heterocycles. The Morgan fingerprint density at radius 1 is 1.53 bits per heavy atom. The summed E-state index contributed by atoms with van der Waals surface area (Å²) in [6.45, 7) is 3.93. The van der Waals surface area contributed by atoms with Gasteiger partial charge in [0.15, 0.2) is 0 Å². The summed E-state index contributed by atoms with van der Waals surface area (Å²) in [7, 11) is 0. The molecule has 0 saturated carbocycles. The summed E-state index contributed by atoms with van der Waals surface area (Å²) in [5.74, 6) is -0.131. The lowest BCUT2D eigenvalue weighted by molar-refractivity contribution is 0.0346. The second-order valence-corrected chi connectivity index (χ2v) is 4.84. The van der Waals surface area contributed by atoms with Crippen LogP contribution in [0.5, 0.6) is 0 Å². The first-order valence-electron chi connectivity index (χ1n) is 6.55. The van der Waals surface area contributed by atoms with E-state index in [1.807, 2.05) is 0 Å². The Labute approximate surface area is 111 Å². The molecule has 0 radical (unpaired) electrons. The van der Waals surface area contributed by atoms with Gasteiger partial charge in [-0.2, -0.15) is 0 Å². The zero-order valence-corrected chi connectivity index (χ0v) is 11.3. The molecule has 0 spiro atoms. The van der Waals surface area contributed by atoms with Crippen LogP contribution in [0.2, 0.25) is 0 Å². The van der Waals surface area contributed by atoms with E-state index in [-0.39, 0.29) is 18.6 Å². The molecule has 3 unspecified atom stereocenters. The van der Waals surface area contributed by atoms with Crippen molar-refractivity contribution < 1.29 is 23.4 Å². The van der Waals surface area contributed by atoms with Gasteiger partial charge in [-0.15, -0.1) is 0 Å². The van der Waals surface area contributed by atoms with Gasteiger partial charge in [-0.25, -0.2) is 13.6 Å². The third-order valence-corrected chi connectivity index (χ3v) is 3.25. The number of rotatable bonds is 5. The molecule has 7 heteroatoms. The predicted octanol–water partition coefficient (Wildman–Crippen LogP) is 1.07. The van der Waals surface area contributed by atoms with Crippen molar-refractivity contribution in [1.29, 1.82) is 0 Å². The van der Waals surface area contributed by atoms with Crippen molar-refractivity contribution in [3.05, 3.63) is 0 Å². The molecular weight excluding hydrogens is 258 g/mol. The molecule has 19 heavy (non-hydrogen) atoms. The molecule has 1 rings (SSSR count). The molecule has 1 saturated heterocycles. The number of hydrogen-bond acceptors (Lipinski definition) is 4. The molecule has 0 aromatic rings. The molecule has 112 valence electrons. The maximum atomic E-state index is 12.2. The van der Waals surface area contributed by atoms with Crippen molar-refractivity contribution in [3.63, 3.8) is 0 Å². The number of carbonyl (C=O) groups is 1. The van der Waals surface area contributed by atoms with Crippen LogP contribution in [0.3, 0.4) is 0 Å². The van der Waals surface area contributed by atoms with E-state index in [4.69, 9.17) is 4.74 Å². The van der Waals surface area contributed by atoms with Gasteiger partial charge in [0.05, 0.1) is 19.3 Å². The van der Waals surface area contributed by atoms with Gasteiger partial charge in [-0.3, -0.25) is 0 Å². The highest BCUT2D eigenvalue weighted by atomic mass is 19.3. The first kappa shape index (κ1) is 16.1. The molecule has 1 amide bonds. The summed E-state index contributed by atoms with van der Waals surface area (Å²) in [4.78, 5) is 13.2. The van der Waals surface area contributed by atoms with Crippen LogP contribution in [-0.4, -0.2) is 60.9 Å². The molecule has 5 nitrogen and oxygen atoms in total. The van der Waals surface area contributed by atoms with Crippen molar-refractivity contribution in [1.82, 2.24) is 10.2 Å². The first-order chi connectivity index (χ1) is 8.93. The normalized spacial score (nSPS) is 25.5. The topological polar surface area (TPSA) is 61.8 Å². The molecule has 1 fully saturated rings. The average Bonchev–Trinajstić information content (AvgIpc) is 2.36. The molecule has 0 aliphatic carbocycles. The molecule has 2 N–H and O–H groups in total. The molecular formula is C12H22F2N2O3. The van der Waals surface area contributed by atoms with Crippen LogP contribution < -0.4 is 5.32 Å². The van der Waals surface area contributed by atoms with Crippen molar-refractivity contribution in [2.24, 2.45) is 5.92 Å². The van der Waals surface area contributed by atoms with Gasteiger partial charge in [0, 0.05) is 25.0 Å². The highest BCUT2D eigenvalue weighted by Gasteiger charge is 2.32. The lowest BCUT2D eigenvalue weighted by Crippen LogP contribution is -2.54. The zero-order chi connectivity index (χ0) is 14.4. The van der Waals surface area contributed by atoms with Gasteiger partial charge < -0.3 is 20.1 Å². The Balaban J connectivity index is 2.59. The zero-order valence-electron chi connectivity index (χ0n) is 11.3. The molecule has 0 aromatic heterocycles. The number of alkyl halides is 2. The largest absolute Gasteiger partial charge is 0.450 e. The number of aliphatic hydroxyl groups is 1. The van der Waals surface area contributed by atoms with Crippen LogP contribution in [0, 0.1) is 5.92 Å². The van der Waals surface area contributed by atoms with E-state index < -0.39 is 25.2 Å². The van der Waals surface area contributed by atoms with Crippen molar-refractivity contribution in [3.8, 4) is 0 Å². The van der Waals surface area contributed by atoms with E-state index in [9.17, 15) is 18.7 Å². The third-order valence-electron chi connectivity index (χ3n) is 3.25. The summed E-state index contributed by atoms with van der Waals surface area (Å²) in [6.07, 6.45) is -2.91. The Morgan fingerprint density at radius 3 is 2.74 bits per heavy atom. The van der Waals surface area contributed by atoms with E-state index in [1.54, 1.807) is 13.8 Å². The van der Waals surface area contributed by atoms with Gasteiger partial charge in [0.1, 0.15) is 0 Å². The fourth-order valence-electron chi connectivity index (χ4n) is 2.26. The third kappa shape index (κ3) is 5.28. The summed E-state index contributed by atoms with van der Waals surface area (Å²) in [6, 6.07) is -0.244. The van der Waals surface area contributed by atoms with Gasteiger partial charge >= 0.3 is 6.09 Å². The predicted molar refractivity (Wildman–Crippen MR) is 66.2 cm³/mol. The second-order valence-electron chi connectivity index (χ2n) is 4.84. The van der Waals surface area contributed by atoms with E-state index in [1.165, 1.54) is 4.90 Å². The van der Waals surface area contributed by atoms with Gasteiger partial charge in [-0.05, 0) is 20.3 Å². The van der Waals surface area contributed by atoms with Crippen molar-refractivity contribution >= 4 is 6.09 Å². The van der Waals surface area contributed by atoms with E-state index in [0.29, 0.717) is 19.5 Å². The Kier molecular flexibility index (Phi) is 6.44. The molecule has 1 heterocycles. The SMILES string of the molecule is CCOC(=O)N1CC(NCC(F)F)CC(C(C)O)C1. The van der Waals surface area contributed by atoms with Gasteiger partial charge in [-0.1, -0.05) is 0 Å². The maximum absolute atomic E-state index is 12.2. The lowest BCUT2D eigenvalue weighted by atomic mass is 9.90. The average molecular weight is 280 g/mol. The van der Waals surface area contributed by atoms with E-state index in [0.717, 1.165) is 0 Å². The van der Waals surface area contributed by atoms with Crippen LogP contribution in [0.4, 0.5) is 13.6 Å². The highest BCUT2D eigenvalue weighted by Crippen LogP contribution is 2.21. The summed E-state index contributed by atoms with van der Waals surface area (Å²) >= 11 is 0. The number of halogens is 2. The Hall–Kier alpha value is -0.950. The number of piperidine rings is 1. The summed E-state index contributed by atoms with van der Waals surface area (Å²) in [5.41, 5.74) is 0. The van der Waals surface area contributed by atoms with Crippen molar-refractivity contribution in [2.75, 3.05) is 26.2 Å². The number of nitrogens with one attached hydrogen (secondary N) is 1. The quantitative estimate of drug-likeness (QED) is 0.791. The molecule has 0 bridgehead atoms. The minimum atomic E-state index is -2.43. The van der Waals surface area contributed by atoms with Crippen LogP contribution >= 0.6 is 0 Å². The molecule has 1 aliphatic rings. The van der Waals surface area contributed by atoms with Gasteiger partial charge in [0.2, 0.25) is 0 Å². The number of likely N-dealkylation sites (tertiary alicyclic amines) is 1. The van der Waals surface area contributed by atoms with E-state index in [2.05, 4.69) is 5.32 Å². The van der Waals surface area contributed by atoms with Crippen LogP contribution in [0.25, 0.3) is 0 Å². The standard InChI is InChI=1S/C12H22F2N2O3/c1-3-19-12(18)16-6-9(8(2)17)4-10(7-16)15-5-11(13)14/h8-11,15,17H,3-7H2,1-2H3.